The molecule has 1 atom stereocenters. The van der Waals surface area contributed by atoms with Crippen LogP contribution in [0.1, 0.15) is 12.5 Å². The number of non-ortho nitro benzene ring substituents is 1. The number of hydrogen-bond donors (Lipinski definition) is 0. The van der Waals surface area contributed by atoms with Gasteiger partial charge in [0.15, 0.2) is 0 Å². The van der Waals surface area contributed by atoms with Crippen molar-refractivity contribution in [2.45, 2.75) is 18.8 Å². The number of hydrogen-bond acceptors (Lipinski definition) is 4. The zero-order valence-corrected chi connectivity index (χ0v) is 11.9. The van der Waals surface area contributed by atoms with Crippen LogP contribution in [0.5, 0.6) is 0 Å². The predicted molar refractivity (Wildman–Crippen MR) is 77.0 cm³/mol. The van der Waals surface area contributed by atoms with Crippen LogP contribution in [0, 0.1) is 10.1 Å². The van der Waals surface area contributed by atoms with Gasteiger partial charge in [-0.05, 0) is 25.6 Å². The van der Waals surface area contributed by atoms with Gasteiger partial charge in [-0.1, -0.05) is 0 Å². The molecule has 2 rings (SSSR count). The first-order valence-corrected chi connectivity index (χ1v) is 6.85. The number of halogens is 1. The molecule has 5 nitrogen and oxygen atoms in total. The van der Waals surface area contributed by atoms with E-state index < -0.39 is 0 Å². The van der Waals surface area contributed by atoms with Gasteiger partial charge in [0.2, 0.25) is 0 Å². The molecule has 1 unspecified atom stereocenters. The Morgan fingerprint density at radius 2 is 2.21 bits per heavy atom. The zero-order chi connectivity index (χ0) is 14.0. The predicted octanol–water partition coefficient (Wildman–Crippen LogP) is 2.47. The second-order valence-corrected chi connectivity index (χ2v) is 5.25. The molecule has 1 aliphatic rings. The molecule has 19 heavy (non-hydrogen) atoms. The van der Waals surface area contributed by atoms with Crippen molar-refractivity contribution < 1.29 is 4.92 Å². The molecular formula is C13H18ClN3O2. The van der Waals surface area contributed by atoms with Crippen molar-refractivity contribution in [3.63, 3.8) is 0 Å². The summed E-state index contributed by atoms with van der Waals surface area (Å²) in [4.78, 5) is 15.0. The van der Waals surface area contributed by atoms with Gasteiger partial charge in [-0.2, -0.15) is 0 Å². The molecule has 1 fully saturated rings. The second-order valence-electron chi connectivity index (χ2n) is 4.98. The topological polar surface area (TPSA) is 49.6 Å². The molecule has 0 bridgehead atoms. The highest BCUT2D eigenvalue weighted by molar-refractivity contribution is 6.17. The molecule has 0 amide bonds. The average Bonchev–Trinajstić information content (AvgIpc) is 2.41. The van der Waals surface area contributed by atoms with E-state index in [1.165, 1.54) is 0 Å². The fraction of sp³-hybridized carbons (Fsp3) is 0.538. The van der Waals surface area contributed by atoms with Crippen LogP contribution in [-0.2, 0) is 5.88 Å². The Bertz CT molecular complexity index is 481. The van der Waals surface area contributed by atoms with E-state index in [-0.39, 0.29) is 16.5 Å². The third-order valence-corrected chi connectivity index (χ3v) is 4.01. The van der Waals surface area contributed by atoms with Gasteiger partial charge in [0.05, 0.1) is 4.92 Å². The fourth-order valence-electron chi connectivity index (χ4n) is 2.37. The quantitative estimate of drug-likeness (QED) is 0.486. The Morgan fingerprint density at radius 1 is 1.47 bits per heavy atom. The lowest BCUT2D eigenvalue weighted by Crippen LogP contribution is -2.50. The lowest BCUT2D eigenvalue weighted by Gasteiger charge is -2.39. The Kier molecular flexibility index (Phi) is 4.27. The van der Waals surface area contributed by atoms with Crippen LogP contribution < -0.4 is 4.90 Å². The van der Waals surface area contributed by atoms with Gasteiger partial charge in [-0.15, -0.1) is 11.6 Å². The number of likely N-dealkylation sites (N-methyl/N-ethyl adjacent to an activating group) is 1. The number of nitrogens with zero attached hydrogens (tertiary/aromatic N) is 3. The molecule has 1 heterocycles. The maximum absolute atomic E-state index is 10.8. The molecule has 0 saturated carbocycles. The molecule has 0 N–H and O–H groups in total. The standard InChI is InChI=1S/C13H18ClN3O2/c1-10-9-16(6-5-15(10)2)13-4-3-12(17(18)19)7-11(13)8-14/h3-4,7,10H,5-6,8-9H2,1-2H3. The first-order valence-electron chi connectivity index (χ1n) is 6.31. The third-order valence-electron chi connectivity index (χ3n) is 3.72. The van der Waals surface area contributed by atoms with Crippen LogP contribution in [0.3, 0.4) is 0 Å². The zero-order valence-electron chi connectivity index (χ0n) is 11.2. The van der Waals surface area contributed by atoms with E-state index in [2.05, 4.69) is 23.8 Å². The van der Waals surface area contributed by atoms with Gasteiger partial charge in [-0.25, -0.2) is 0 Å². The lowest BCUT2D eigenvalue weighted by atomic mass is 10.1. The number of alkyl halides is 1. The molecule has 0 spiro atoms. The molecule has 0 aliphatic carbocycles. The Hall–Kier alpha value is -1.33. The monoisotopic (exact) mass is 283 g/mol. The summed E-state index contributed by atoms with van der Waals surface area (Å²) in [6, 6.07) is 5.40. The van der Waals surface area contributed by atoms with Crippen molar-refractivity contribution in [3.8, 4) is 0 Å². The summed E-state index contributed by atoms with van der Waals surface area (Å²) in [6.45, 7) is 5.00. The summed E-state index contributed by atoms with van der Waals surface area (Å²) < 4.78 is 0. The van der Waals surface area contributed by atoms with E-state index in [1.54, 1.807) is 12.1 Å². The van der Waals surface area contributed by atoms with Crippen molar-refractivity contribution in [3.05, 3.63) is 33.9 Å². The number of nitro groups is 1. The molecule has 104 valence electrons. The van der Waals surface area contributed by atoms with Crippen molar-refractivity contribution in [2.75, 3.05) is 31.6 Å². The first-order chi connectivity index (χ1) is 9.02. The van der Waals surface area contributed by atoms with Crippen molar-refractivity contribution in [1.82, 2.24) is 4.90 Å². The molecule has 0 radical (unpaired) electrons. The molecule has 0 aromatic heterocycles. The first kappa shape index (κ1) is 14.1. The Morgan fingerprint density at radius 3 is 2.79 bits per heavy atom. The normalized spacial score (nSPS) is 20.6. The van der Waals surface area contributed by atoms with Crippen LogP contribution in [0.15, 0.2) is 18.2 Å². The van der Waals surface area contributed by atoms with E-state index in [0.717, 1.165) is 30.9 Å². The number of rotatable bonds is 3. The van der Waals surface area contributed by atoms with Crippen molar-refractivity contribution in [2.24, 2.45) is 0 Å². The largest absolute Gasteiger partial charge is 0.368 e. The summed E-state index contributed by atoms with van der Waals surface area (Å²) in [6.07, 6.45) is 0. The summed E-state index contributed by atoms with van der Waals surface area (Å²) in [5.41, 5.74) is 1.94. The average molecular weight is 284 g/mol. The third kappa shape index (κ3) is 2.98. The summed E-state index contributed by atoms with van der Waals surface area (Å²) in [5, 5.41) is 10.8. The molecule has 6 heteroatoms. The number of benzene rings is 1. The maximum atomic E-state index is 10.8. The van der Waals surface area contributed by atoms with E-state index in [9.17, 15) is 10.1 Å². The number of piperazine rings is 1. The summed E-state index contributed by atoms with van der Waals surface area (Å²) in [7, 11) is 2.11. The number of anilines is 1. The lowest BCUT2D eigenvalue weighted by molar-refractivity contribution is -0.384. The van der Waals surface area contributed by atoms with Gasteiger partial charge in [0, 0.05) is 49.4 Å². The van der Waals surface area contributed by atoms with Gasteiger partial charge < -0.3 is 9.80 Å². The van der Waals surface area contributed by atoms with Gasteiger partial charge in [0.25, 0.3) is 5.69 Å². The molecule has 1 aromatic rings. The van der Waals surface area contributed by atoms with Crippen LogP contribution in [0.4, 0.5) is 11.4 Å². The molecular weight excluding hydrogens is 266 g/mol. The van der Waals surface area contributed by atoms with E-state index in [0.29, 0.717) is 6.04 Å². The Labute approximate surface area is 117 Å². The maximum Gasteiger partial charge on any atom is 0.269 e. The Balaban J connectivity index is 2.27. The molecule has 1 aromatic carbocycles. The van der Waals surface area contributed by atoms with Gasteiger partial charge in [-0.3, -0.25) is 10.1 Å². The minimum Gasteiger partial charge on any atom is -0.368 e. The summed E-state index contributed by atoms with van der Waals surface area (Å²) >= 11 is 5.93. The van der Waals surface area contributed by atoms with Crippen molar-refractivity contribution >= 4 is 23.0 Å². The van der Waals surface area contributed by atoms with Gasteiger partial charge >= 0.3 is 0 Å². The highest BCUT2D eigenvalue weighted by atomic mass is 35.5. The fourth-order valence-corrected chi connectivity index (χ4v) is 2.58. The van der Waals surface area contributed by atoms with Crippen LogP contribution >= 0.6 is 11.6 Å². The van der Waals surface area contributed by atoms with Crippen molar-refractivity contribution in [1.29, 1.82) is 0 Å². The molecule has 1 saturated heterocycles. The van der Waals surface area contributed by atoms with E-state index in [4.69, 9.17) is 11.6 Å². The van der Waals surface area contributed by atoms with E-state index >= 15 is 0 Å². The van der Waals surface area contributed by atoms with Gasteiger partial charge in [0.1, 0.15) is 0 Å². The highest BCUT2D eigenvalue weighted by Crippen LogP contribution is 2.28. The molecule has 1 aliphatic heterocycles. The van der Waals surface area contributed by atoms with Crippen LogP contribution in [0.25, 0.3) is 0 Å². The SMILES string of the molecule is CC1CN(c2ccc([N+](=O)[O-])cc2CCl)CCN1C. The van der Waals surface area contributed by atoms with E-state index in [1.807, 2.05) is 6.07 Å². The highest BCUT2D eigenvalue weighted by Gasteiger charge is 2.23. The van der Waals surface area contributed by atoms with Crippen LogP contribution in [-0.4, -0.2) is 42.5 Å². The summed E-state index contributed by atoms with van der Waals surface area (Å²) in [5.74, 6) is 0.289. The number of nitro benzene ring substituents is 1. The van der Waals surface area contributed by atoms with Crippen LogP contribution in [0.2, 0.25) is 0 Å². The smallest absolute Gasteiger partial charge is 0.269 e. The minimum absolute atomic E-state index is 0.0987. The minimum atomic E-state index is -0.383. The second kappa shape index (κ2) is 5.75.